The molecule has 0 bridgehead atoms. The maximum atomic E-state index is 13.3. The van der Waals surface area contributed by atoms with Gasteiger partial charge in [0, 0.05) is 22.7 Å². The predicted molar refractivity (Wildman–Crippen MR) is 143 cm³/mol. The van der Waals surface area contributed by atoms with Crippen molar-refractivity contribution in [1.29, 1.82) is 0 Å². The predicted octanol–water partition coefficient (Wildman–Crippen LogP) is 6.94. The van der Waals surface area contributed by atoms with E-state index in [1.165, 1.54) is 0 Å². The highest BCUT2D eigenvalue weighted by molar-refractivity contribution is 6.43. The minimum absolute atomic E-state index is 0.0462. The minimum atomic E-state index is -4.48. The number of amides is 1. The molecular weight excluding hydrogens is 580 g/mol. The highest BCUT2D eigenvalue weighted by Gasteiger charge is 2.28. The summed E-state index contributed by atoms with van der Waals surface area (Å²) in [5.74, 6) is 0.0462. The second kappa shape index (κ2) is 11.7. The van der Waals surface area contributed by atoms with Crippen LogP contribution in [0.2, 0.25) is 15.1 Å². The van der Waals surface area contributed by atoms with Gasteiger partial charge in [0.15, 0.2) is 5.82 Å². The summed E-state index contributed by atoms with van der Waals surface area (Å²) in [6.07, 6.45) is -6.70. The second-order valence-electron chi connectivity index (χ2n) is 8.48. The van der Waals surface area contributed by atoms with Crippen LogP contribution in [0.15, 0.2) is 65.5 Å². The van der Waals surface area contributed by atoms with Gasteiger partial charge < -0.3 is 10.5 Å². The zero-order chi connectivity index (χ0) is 28.3. The first-order valence-corrected chi connectivity index (χ1v) is 12.5. The number of rotatable bonds is 8. The Balaban J connectivity index is 1.80. The molecule has 0 saturated heterocycles. The maximum absolute atomic E-state index is 13.3. The van der Waals surface area contributed by atoms with Crippen LogP contribution in [0, 0.1) is 0 Å². The standard InChI is InChI=1S/C26H20Cl3F3N4O3/c27-19-8-6-15(7-9-19)23-34-36(25(38)35(23)11-10-26(30,31)32)13-18-12-16(4-5-17(18)14-39-24(33)37)20-2-1-3-21(28)22(20)29/h1-9,12H,10-11,13-14H2,(H2,33,37). The van der Waals surface area contributed by atoms with Gasteiger partial charge in [-0.15, -0.1) is 5.10 Å². The number of alkyl halides is 3. The minimum Gasteiger partial charge on any atom is -0.445 e. The van der Waals surface area contributed by atoms with Gasteiger partial charge in [-0.2, -0.15) is 13.2 Å². The molecule has 39 heavy (non-hydrogen) atoms. The molecule has 3 aromatic carbocycles. The van der Waals surface area contributed by atoms with E-state index >= 15 is 0 Å². The zero-order valence-corrected chi connectivity index (χ0v) is 22.3. The summed E-state index contributed by atoms with van der Waals surface area (Å²) < 4.78 is 46.1. The van der Waals surface area contributed by atoms with E-state index in [1.54, 1.807) is 60.7 Å². The lowest BCUT2D eigenvalue weighted by molar-refractivity contribution is -0.136. The van der Waals surface area contributed by atoms with E-state index in [1.807, 2.05) is 0 Å². The largest absolute Gasteiger partial charge is 0.445 e. The second-order valence-corrected chi connectivity index (χ2v) is 9.70. The van der Waals surface area contributed by atoms with Crippen LogP contribution in [-0.4, -0.2) is 26.6 Å². The van der Waals surface area contributed by atoms with Gasteiger partial charge in [-0.05, 0) is 53.1 Å². The lowest BCUT2D eigenvalue weighted by Crippen LogP contribution is -2.27. The molecule has 4 rings (SSSR count). The zero-order valence-electron chi connectivity index (χ0n) is 20.0. The average Bonchev–Trinajstić information content (AvgIpc) is 3.18. The highest BCUT2D eigenvalue weighted by Crippen LogP contribution is 2.34. The number of nitrogens with two attached hydrogens (primary N) is 1. The Morgan fingerprint density at radius 3 is 2.33 bits per heavy atom. The van der Waals surface area contributed by atoms with Gasteiger partial charge in [0.2, 0.25) is 0 Å². The summed E-state index contributed by atoms with van der Waals surface area (Å²) in [5, 5.41) is 5.42. The molecule has 1 heterocycles. The SMILES string of the molecule is NC(=O)OCc1ccc(-c2cccc(Cl)c2Cl)cc1Cn1nc(-c2ccc(Cl)cc2)n(CCC(F)(F)F)c1=O. The summed E-state index contributed by atoms with van der Waals surface area (Å²) >= 11 is 18.5. The van der Waals surface area contributed by atoms with Gasteiger partial charge in [-0.3, -0.25) is 4.57 Å². The molecule has 13 heteroatoms. The number of nitrogens with zero attached hydrogens (tertiary/aromatic N) is 3. The fourth-order valence-corrected chi connectivity index (χ4v) is 4.45. The van der Waals surface area contributed by atoms with Crippen molar-refractivity contribution in [3.63, 3.8) is 0 Å². The Morgan fingerprint density at radius 1 is 0.974 bits per heavy atom. The molecule has 0 aliphatic carbocycles. The van der Waals surface area contributed by atoms with Gasteiger partial charge in [-0.25, -0.2) is 14.3 Å². The van der Waals surface area contributed by atoms with Crippen molar-refractivity contribution in [3.8, 4) is 22.5 Å². The number of ether oxygens (including phenoxy) is 1. The third-order valence-corrected chi connectivity index (χ3v) is 6.87. The smallest absolute Gasteiger partial charge is 0.404 e. The molecule has 2 N–H and O–H groups in total. The molecule has 1 amide bonds. The van der Waals surface area contributed by atoms with Crippen LogP contribution in [-0.2, 0) is 24.4 Å². The number of hydrogen-bond donors (Lipinski definition) is 1. The Kier molecular flexibility index (Phi) is 8.58. The topological polar surface area (TPSA) is 92.1 Å². The van der Waals surface area contributed by atoms with E-state index in [2.05, 4.69) is 5.10 Å². The quantitative estimate of drug-likeness (QED) is 0.238. The molecule has 0 unspecified atom stereocenters. The van der Waals surface area contributed by atoms with Gasteiger partial charge in [0.25, 0.3) is 0 Å². The van der Waals surface area contributed by atoms with Gasteiger partial charge in [-0.1, -0.05) is 59.1 Å². The van der Waals surface area contributed by atoms with E-state index in [0.717, 1.165) is 9.25 Å². The lowest BCUT2D eigenvalue weighted by Gasteiger charge is -2.13. The fraction of sp³-hybridized carbons (Fsp3) is 0.192. The molecule has 0 aliphatic rings. The Labute approximate surface area is 235 Å². The molecule has 1 aromatic heterocycles. The molecular formula is C26H20Cl3F3N4O3. The van der Waals surface area contributed by atoms with Crippen LogP contribution in [0.5, 0.6) is 0 Å². The molecule has 0 saturated carbocycles. The Hall–Kier alpha value is -3.47. The monoisotopic (exact) mass is 598 g/mol. The third kappa shape index (κ3) is 6.95. The molecule has 0 aliphatic heterocycles. The number of carbonyl (C=O) groups excluding carboxylic acids is 1. The van der Waals surface area contributed by atoms with Crippen LogP contribution in [0.1, 0.15) is 17.5 Å². The first-order chi connectivity index (χ1) is 18.4. The summed E-state index contributed by atoms with van der Waals surface area (Å²) in [4.78, 5) is 24.6. The van der Waals surface area contributed by atoms with E-state index in [4.69, 9.17) is 45.3 Å². The lowest BCUT2D eigenvalue weighted by atomic mass is 9.99. The summed E-state index contributed by atoms with van der Waals surface area (Å²) in [6.45, 7) is -0.986. The maximum Gasteiger partial charge on any atom is 0.404 e. The van der Waals surface area contributed by atoms with Crippen LogP contribution in [0.25, 0.3) is 22.5 Å². The highest BCUT2D eigenvalue weighted by atomic mass is 35.5. The molecule has 0 spiro atoms. The Bertz CT molecular complexity index is 1570. The average molecular weight is 600 g/mol. The molecule has 204 valence electrons. The molecule has 0 radical (unpaired) electrons. The van der Waals surface area contributed by atoms with Crippen LogP contribution < -0.4 is 11.4 Å². The van der Waals surface area contributed by atoms with Gasteiger partial charge in [0.1, 0.15) is 6.61 Å². The fourth-order valence-electron chi connectivity index (χ4n) is 3.92. The van der Waals surface area contributed by atoms with Crippen molar-refractivity contribution >= 4 is 40.9 Å². The first-order valence-electron chi connectivity index (χ1n) is 11.4. The van der Waals surface area contributed by atoms with Crippen LogP contribution in [0.3, 0.4) is 0 Å². The van der Waals surface area contributed by atoms with Crippen LogP contribution in [0.4, 0.5) is 18.0 Å². The molecule has 0 atom stereocenters. The third-order valence-electron chi connectivity index (χ3n) is 5.80. The van der Waals surface area contributed by atoms with Crippen molar-refractivity contribution in [1.82, 2.24) is 14.3 Å². The normalized spacial score (nSPS) is 11.5. The summed E-state index contributed by atoms with van der Waals surface area (Å²) in [6, 6.07) is 16.4. The van der Waals surface area contributed by atoms with Gasteiger partial charge >= 0.3 is 18.0 Å². The first kappa shape index (κ1) is 28.5. The summed E-state index contributed by atoms with van der Waals surface area (Å²) in [7, 11) is 0. The molecule has 7 nitrogen and oxygen atoms in total. The van der Waals surface area contributed by atoms with E-state index in [0.29, 0.717) is 42.9 Å². The van der Waals surface area contributed by atoms with Crippen molar-refractivity contribution in [2.75, 3.05) is 0 Å². The van der Waals surface area contributed by atoms with Crippen molar-refractivity contribution in [2.24, 2.45) is 5.73 Å². The summed E-state index contributed by atoms with van der Waals surface area (Å²) in [5.41, 5.74) is 7.03. The number of carbonyl (C=O) groups is 1. The van der Waals surface area contributed by atoms with Crippen LogP contribution >= 0.6 is 34.8 Å². The number of aromatic nitrogens is 3. The van der Waals surface area contributed by atoms with E-state index in [-0.39, 0.29) is 19.0 Å². The number of benzene rings is 3. The van der Waals surface area contributed by atoms with Crippen molar-refractivity contribution < 1.29 is 22.7 Å². The molecule has 4 aromatic rings. The van der Waals surface area contributed by atoms with Gasteiger partial charge in [0.05, 0.1) is 23.0 Å². The van der Waals surface area contributed by atoms with E-state index < -0.39 is 30.9 Å². The number of primary amides is 1. The Morgan fingerprint density at radius 2 is 1.67 bits per heavy atom. The number of hydrogen-bond acceptors (Lipinski definition) is 4. The van der Waals surface area contributed by atoms with Crippen molar-refractivity contribution in [3.05, 3.63) is 97.3 Å². The number of halogens is 6. The van der Waals surface area contributed by atoms with Crippen molar-refractivity contribution in [2.45, 2.75) is 32.3 Å². The van der Waals surface area contributed by atoms with E-state index in [9.17, 15) is 22.8 Å². The molecule has 0 fully saturated rings.